The zero-order chi connectivity index (χ0) is 16.7. The van der Waals surface area contributed by atoms with Gasteiger partial charge in [0.05, 0.1) is 19.7 Å². The van der Waals surface area contributed by atoms with E-state index < -0.39 is 0 Å². The zero-order valence-corrected chi connectivity index (χ0v) is 14.6. The minimum Gasteiger partial charge on any atom is -0.368 e. The lowest BCUT2D eigenvalue weighted by molar-refractivity contribution is -0.204. The Bertz CT molecular complexity index is 508. The van der Waals surface area contributed by atoms with Crippen LogP contribution in [0.15, 0.2) is 0 Å². The average Bonchev–Trinajstić information content (AvgIpc) is 2.95. The maximum absolute atomic E-state index is 12.5. The van der Waals surface area contributed by atoms with Crippen molar-refractivity contribution in [1.82, 2.24) is 15.1 Å². The van der Waals surface area contributed by atoms with Gasteiger partial charge < -0.3 is 15.0 Å². The van der Waals surface area contributed by atoms with Gasteiger partial charge in [-0.25, -0.2) is 0 Å². The van der Waals surface area contributed by atoms with Crippen molar-refractivity contribution in [3.63, 3.8) is 0 Å². The molecule has 0 aromatic carbocycles. The van der Waals surface area contributed by atoms with Gasteiger partial charge in [-0.3, -0.25) is 14.5 Å². The van der Waals surface area contributed by atoms with Crippen LogP contribution in [0.25, 0.3) is 0 Å². The fourth-order valence-electron chi connectivity index (χ4n) is 4.55. The van der Waals surface area contributed by atoms with Crippen LogP contribution >= 0.6 is 0 Å². The first-order valence-corrected chi connectivity index (χ1v) is 9.50. The first kappa shape index (κ1) is 16.3. The molecule has 2 amide bonds. The first-order chi connectivity index (χ1) is 11.6. The monoisotopic (exact) mass is 335 g/mol. The van der Waals surface area contributed by atoms with Crippen LogP contribution in [0.1, 0.15) is 44.9 Å². The number of nitrogens with zero attached hydrogens (tertiary/aromatic N) is 2. The van der Waals surface area contributed by atoms with Gasteiger partial charge in [0, 0.05) is 18.5 Å². The highest BCUT2D eigenvalue weighted by atomic mass is 16.5. The molecule has 1 N–H and O–H groups in total. The highest BCUT2D eigenvalue weighted by Crippen LogP contribution is 2.35. The van der Waals surface area contributed by atoms with E-state index in [0.717, 1.165) is 32.2 Å². The number of hydrogen-bond donors (Lipinski definition) is 1. The molecule has 134 valence electrons. The number of likely N-dealkylation sites (N-methyl/N-ethyl adjacent to an activating group) is 1. The fraction of sp³-hybridized carbons (Fsp3) is 0.889. The molecule has 2 heterocycles. The van der Waals surface area contributed by atoms with E-state index >= 15 is 0 Å². The summed E-state index contributed by atoms with van der Waals surface area (Å²) in [4.78, 5) is 28.8. The summed E-state index contributed by atoms with van der Waals surface area (Å²) in [5.74, 6) is 0.661. The van der Waals surface area contributed by atoms with Crippen LogP contribution in [-0.2, 0) is 14.3 Å². The van der Waals surface area contributed by atoms with E-state index in [9.17, 15) is 9.59 Å². The van der Waals surface area contributed by atoms with Crippen molar-refractivity contribution in [2.75, 3.05) is 33.3 Å². The molecular weight excluding hydrogens is 306 g/mol. The lowest BCUT2D eigenvalue weighted by atomic mass is 9.81. The van der Waals surface area contributed by atoms with E-state index in [2.05, 4.69) is 10.2 Å². The molecule has 2 aliphatic heterocycles. The predicted octanol–water partition coefficient (Wildman–Crippen LogP) is 0.757. The van der Waals surface area contributed by atoms with Crippen molar-refractivity contribution in [3.8, 4) is 0 Å². The van der Waals surface area contributed by atoms with E-state index in [1.807, 2.05) is 11.9 Å². The van der Waals surface area contributed by atoms with Gasteiger partial charge >= 0.3 is 0 Å². The van der Waals surface area contributed by atoms with Crippen LogP contribution in [0.3, 0.4) is 0 Å². The molecule has 2 saturated carbocycles. The van der Waals surface area contributed by atoms with Crippen molar-refractivity contribution in [3.05, 3.63) is 0 Å². The van der Waals surface area contributed by atoms with Gasteiger partial charge in [-0.15, -0.1) is 0 Å². The number of morpholine rings is 1. The molecule has 1 atom stereocenters. The summed E-state index contributed by atoms with van der Waals surface area (Å²) in [7, 11) is 2.00. The van der Waals surface area contributed by atoms with Gasteiger partial charge in [0.15, 0.2) is 0 Å². The van der Waals surface area contributed by atoms with E-state index in [1.165, 1.54) is 19.3 Å². The summed E-state index contributed by atoms with van der Waals surface area (Å²) >= 11 is 0. The molecule has 0 bridgehead atoms. The minimum atomic E-state index is -0.252. The van der Waals surface area contributed by atoms with Crippen LogP contribution < -0.4 is 5.32 Å². The Morgan fingerprint density at radius 3 is 2.33 bits per heavy atom. The van der Waals surface area contributed by atoms with Gasteiger partial charge in [0.1, 0.15) is 11.6 Å². The normalized spacial score (nSPS) is 30.9. The number of likely N-dealkylation sites (tertiary alicyclic amines) is 1. The number of amides is 2. The number of carbonyl (C=O) groups excluding carboxylic acids is 2. The second kappa shape index (κ2) is 6.30. The minimum absolute atomic E-state index is 0.0981. The molecule has 4 rings (SSSR count). The van der Waals surface area contributed by atoms with E-state index in [4.69, 9.17) is 4.74 Å². The number of hydrogen-bond acceptors (Lipinski definition) is 4. The van der Waals surface area contributed by atoms with Crippen LogP contribution in [0.4, 0.5) is 0 Å². The smallest absolute Gasteiger partial charge is 0.239 e. The molecule has 1 spiro atoms. The predicted molar refractivity (Wildman–Crippen MR) is 89.4 cm³/mol. The summed E-state index contributed by atoms with van der Waals surface area (Å²) < 4.78 is 6.09. The molecule has 6 nitrogen and oxygen atoms in total. The Morgan fingerprint density at radius 1 is 1.04 bits per heavy atom. The summed E-state index contributed by atoms with van der Waals surface area (Å²) in [6.45, 7) is 2.53. The maximum Gasteiger partial charge on any atom is 0.239 e. The standard InChI is InChI=1S/C18H29N3O3/c1-20-10-18(11-21(12-18)17(23)13-5-4-6-13)24-9-15(20)16(22)19-14-7-2-3-8-14/h13-15H,2-12H2,1H3,(H,19,22). The Morgan fingerprint density at radius 2 is 1.75 bits per heavy atom. The molecule has 0 radical (unpaired) electrons. The SMILES string of the molecule is CN1CC2(CN(C(=O)C3CCC3)C2)OCC1C(=O)NC1CCCC1. The summed E-state index contributed by atoms with van der Waals surface area (Å²) in [5.41, 5.74) is -0.252. The molecule has 0 aromatic rings. The van der Waals surface area contributed by atoms with Gasteiger partial charge in [-0.1, -0.05) is 19.3 Å². The lowest BCUT2D eigenvalue weighted by Gasteiger charge is -2.55. The lowest BCUT2D eigenvalue weighted by Crippen LogP contribution is -2.73. The molecule has 2 aliphatic carbocycles. The highest BCUT2D eigenvalue weighted by molar-refractivity contribution is 5.82. The molecule has 0 aromatic heterocycles. The average molecular weight is 335 g/mol. The maximum atomic E-state index is 12.5. The van der Waals surface area contributed by atoms with E-state index in [1.54, 1.807) is 0 Å². The number of rotatable bonds is 3. The van der Waals surface area contributed by atoms with Gasteiger partial charge in [0.2, 0.25) is 11.8 Å². The molecular formula is C18H29N3O3. The van der Waals surface area contributed by atoms with Crippen LogP contribution in [-0.4, -0.2) is 72.6 Å². The molecule has 24 heavy (non-hydrogen) atoms. The van der Waals surface area contributed by atoms with Crippen molar-refractivity contribution < 1.29 is 14.3 Å². The van der Waals surface area contributed by atoms with E-state index in [0.29, 0.717) is 31.6 Å². The number of ether oxygens (including phenoxy) is 1. The first-order valence-electron chi connectivity index (χ1n) is 9.50. The highest BCUT2D eigenvalue weighted by Gasteiger charge is 2.52. The molecule has 2 saturated heterocycles. The molecule has 4 fully saturated rings. The fourth-order valence-corrected chi connectivity index (χ4v) is 4.55. The third-order valence-corrected chi connectivity index (χ3v) is 6.35. The van der Waals surface area contributed by atoms with Gasteiger partial charge in [-0.05, 0) is 32.7 Å². The van der Waals surface area contributed by atoms with Crippen LogP contribution in [0.2, 0.25) is 0 Å². The Hall–Kier alpha value is -1.14. The van der Waals surface area contributed by atoms with Crippen LogP contribution in [0, 0.1) is 5.92 Å². The Balaban J connectivity index is 1.27. The Kier molecular flexibility index (Phi) is 4.29. The molecule has 1 unspecified atom stereocenters. The second-order valence-electron chi connectivity index (χ2n) is 8.24. The largest absolute Gasteiger partial charge is 0.368 e. The summed E-state index contributed by atoms with van der Waals surface area (Å²) in [6, 6.07) is 0.147. The topological polar surface area (TPSA) is 61.9 Å². The van der Waals surface area contributed by atoms with Crippen LogP contribution in [0.5, 0.6) is 0 Å². The zero-order valence-electron chi connectivity index (χ0n) is 14.6. The van der Waals surface area contributed by atoms with Crippen molar-refractivity contribution in [1.29, 1.82) is 0 Å². The summed E-state index contributed by atoms with van der Waals surface area (Å²) in [6.07, 6.45) is 7.92. The number of nitrogens with one attached hydrogen (secondary N) is 1. The third kappa shape index (κ3) is 2.94. The molecule has 4 aliphatic rings. The van der Waals surface area contributed by atoms with Gasteiger partial charge in [-0.2, -0.15) is 0 Å². The van der Waals surface area contributed by atoms with Crippen molar-refractivity contribution >= 4 is 11.8 Å². The second-order valence-corrected chi connectivity index (χ2v) is 8.24. The Labute approximate surface area is 143 Å². The summed E-state index contributed by atoms with van der Waals surface area (Å²) in [5, 5.41) is 3.17. The van der Waals surface area contributed by atoms with Crippen molar-refractivity contribution in [2.24, 2.45) is 5.92 Å². The van der Waals surface area contributed by atoms with E-state index in [-0.39, 0.29) is 23.5 Å². The quantitative estimate of drug-likeness (QED) is 0.827. The number of carbonyl (C=O) groups is 2. The molecule has 6 heteroatoms. The van der Waals surface area contributed by atoms with Gasteiger partial charge in [0.25, 0.3) is 0 Å². The third-order valence-electron chi connectivity index (χ3n) is 6.35. The van der Waals surface area contributed by atoms with Crippen molar-refractivity contribution in [2.45, 2.75) is 62.6 Å².